The number of aliphatic hydroxyl groups excluding tert-OH is 5. The largest absolute Gasteiger partial charge is 0.394 e. The molecule has 1 rings (SSSR count). The van der Waals surface area contributed by atoms with Crippen LogP contribution in [0.25, 0.3) is 0 Å². The molecule has 51 heavy (non-hydrogen) atoms. The van der Waals surface area contributed by atoms with Gasteiger partial charge >= 0.3 is 0 Å². The first kappa shape index (κ1) is 47.7. The zero-order valence-corrected chi connectivity index (χ0v) is 32.6. The fourth-order valence-corrected chi connectivity index (χ4v) is 6.56. The fraction of sp³-hybridized carbons (Fsp3) is 0.881. The normalized spacial score (nSPS) is 22.2. The zero-order chi connectivity index (χ0) is 37.4. The zero-order valence-electron chi connectivity index (χ0n) is 32.6. The number of hydrogen-bond donors (Lipinski definition) is 6. The first-order chi connectivity index (χ1) is 24.8. The van der Waals surface area contributed by atoms with Crippen LogP contribution in [-0.2, 0) is 14.3 Å². The van der Waals surface area contributed by atoms with Gasteiger partial charge in [-0.2, -0.15) is 0 Å². The van der Waals surface area contributed by atoms with E-state index in [0.29, 0.717) is 6.42 Å². The summed E-state index contributed by atoms with van der Waals surface area (Å²) in [6.45, 7) is 3.74. The molecule has 1 aliphatic heterocycles. The van der Waals surface area contributed by atoms with E-state index >= 15 is 0 Å². The van der Waals surface area contributed by atoms with Crippen LogP contribution in [0.1, 0.15) is 181 Å². The second-order valence-corrected chi connectivity index (χ2v) is 14.8. The molecular weight excluding hydrogens is 646 g/mol. The third-order valence-corrected chi connectivity index (χ3v) is 10.0. The molecule has 1 saturated heterocycles. The summed E-state index contributed by atoms with van der Waals surface area (Å²) >= 11 is 0. The standard InChI is InChI=1S/C42H79NO8/c1-3-5-7-9-11-13-15-17-18-19-20-22-24-26-28-30-32-38(46)43-35(34-50-42-41(49)40(48)39(47)37(33-44)51-42)36(45)31-29-27-25-23-21-16-14-12-10-8-6-4-2/h18-19,29,31,35-37,39-42,44-45,47-49H,3-17,20-28,30,32-34H2,1-2H3,(H,43,46)/b19-18-,31-29+. The minimum absolute atomic E-state index is 0.187. The van der Waals surface area contributed by atoms with Crippen LogP contribution in [0, 0.1) is 0 Å². The SMILES string of the molecule is CCCCCCCCC/C=C\CCCCCCCC(=O)NC(COC1OC(CO)C(O)C(O)C1O)C(O)/C=C/CCCCCCCCCCCC. The van der Waals surface area contributed by atoms with Crippen molar-refractivity contribution in [3.8, 4) is 0 Å². The monoisotopic (exact) mass is 726 g/mol. The highest BCUT2D eigenvalue weighted by Gasteiger charge is 2.44. The topological polar surface area (TPSA) is 149 Å². The Hall–Kier alpha value is -1.33. The van der Waals surface area contributed by atoms with Crippen molar-refractivity contribution in [2.24, 2.45) is 0 Å². The van der Waals surface area contributed by atoms with E-state index in [1.165, 1.54) is 103 Å². The number of carbonyl (C=O) groups excluding carboxylic acids is 1. The number of nitrogens with one attached hydrogen (secondary N) is 1. The van der Waals surface area contributed by atoms with Crippen molar-refractivity contribution in [3.05, 3.63) is 24.3 Å². The van der Waals surface area contributed by atoms with Gasteiger partial charge in [0.1, 0.15) is 24.4 Å². The lowest BCUT2D eigenvalue weighted by atomic mass is 9.99. The van der Waals surface area contributed by atoms with E-state index in [0.717, 1.165) is 57.8 Å². The Morgan fingerprint density at radius 1 is 0.647 bits per heavy atom. The van der Waals surface area contributed by atoms with E-state index in [1.54, 1.807) is 6.08 Å². The van der Waals surface area contributed by atoms with Crippen LogP contribution in [-0.4, -0.2) is 87.5 Å². The molecule has 7 atom stereocenters. The van der Waals surface area contributed by atoms with Crippen molar-refractivity contribution in [1.82, 2.24) is 5.32 Å². The smallest absolute Gasteiger partial charge is 0.220 e. The van der Waals surface area contributed by atoms with Gasteiger partial charge in [-0.15, -0.1) is 0 Å². The molecule has 0 aliphatic carbocycles. The molecule has 9 nitrogen and oxygen atoms in total. The lowest BCUT2D eigenvalue weighted by molar-refractivity contribution is -0.302. The van der Waals surface area contributed by atoms with Gasteiger partial charge in [0.25, 0.3) is 0 Å². The van der Waals surface area contributed by atoms with Gasteiger partial charge in [-0.3, -0.25) is 4.79 Å². The van der Waals surface area contributed by atoms with Gasteiger partial charge in [-0.1, -0.05) is 154 Å². The molecule has 6 N–H and O–H groups in total. The highest BCUT2D eigenvalue weighted by atomic mass is 16.7. The Bertz CT molecular complexity index is 853. The van der Waals surface area contributed by atoms with Gasteiger partial charge < -0.3 is 40.3 Å². The number of amides is 1. The lowest BCUT2D eigenvalue weighted by Crippen LogP contribution is -2.60. The lowest BCUT2D eigenvalue weighted by Gasteiger charge is -2.40. The van der Waals surface area contributed by atoms with Crippen LogP contribution in [0.15, 0.2) is 24.3 Å². The number of allylic oxidation sites excluding steroid dienone is 3. The third-order valence-electron chi connectivity index (χ3n) is 10.0. The Morgan fingerprint density at radius 2 is 1.10 bits per heavy atom. The molecular formula is C42H79NO8. The molecule has 1 amide bonds. The van der Waals surface area contributed by atoms with Gasteiger partial charge in [0.2, 0.25) is 5.91 Å². The molecule has 0 aromatic carbocycles. The van der Waals surface area contributed by atoms with E-state index in [-0.39, 0.29) is 12.5 Å². The maximum absolute atomic E-state index is 12.9. The molecule has 0 saturated carbocycles. The summed E-state index contributed by atoms with van der Waals surface area (Å²) in [5.41, 5.74) is 0. The van der Waals surface area contributed by atoms with Crippen molar-refractivity contribution in [2.45, 2.75) is 224 Å². The van der Waals surface area contributed by atoms with E-state index < -0.39 is 49.5 Å². The van der Waals surface area contributed by atoms with Crippen molar-refractivity contribution in [1.29, 1.82) is 0 Å². The van der Waals surface area contributed by atoms with Gasteiger partial charge in [0, 0.05) is 6.42 Å². The van der Waals surface area contributed by atoms with Crippen LogP contribution in [0.3, 0.4) is 0 Å². The minimum atomic E-state index is -1.56. The van der Waals surface area contributed by atoms with Crippen molar-refractivity contribution in [3.63, 3.8) is 0 Å². The number of carbonyl (C=O) groups is 1. The van der Waals surface area contributed by atoms with Crippen LogP contribution in [0.2, 0.25) is 0 Å². The molecule has 1 aliphatic rings. The highest BCUT2D eigenvalue weighted by molar-refractivity contribution is 5.76. The quantitative estimate of drug-likeness (QED) is 0.0289. The maximum atomic E-state index is 12.9. The number of unbranched alkanes of at least 4 members (excludes halogenated alkanes) is 22. The highest BCUT2D eigenvalue weighted by Crippen LogP contribution is 2.22. The van der Waals surface area contributed by atoms with Crippen molar-refractivity contribution in [2.75, 3.05) is 13.2 Å². The molecule has 0 aromatic heterocycles. The first-order valence-corrected chi connectivity index (χ1v) is 21.1. The molecule has 0 bridgehead atoms. The second-order valence-electron chi connectivity index (χ2n) is 14.8. The van der Waals surface area contributed by atoms with Crippen LogP contribution < -0.4 is 5.32 Å². The van der Waals surface area contributed by atoms with Crippen LogP contribution >= 0.6 is 0 Å². The van der Waals surface area contributed by atoms with Gasteiger partial charge in [0.05, 0.1) is 25.4 Å². The van der Waals surface area contributed by atoms with E-state index in [9.17, 15) is 30.3 Å². The van der Waals surface area contributed by atoms with E-state index in [2.05, 4.69) is 31.3 Å². The summed E-state index contributed by atoms with van der Waals surface area (Å²) in [7, 11) is 0. The number of hydrogen-bond acceptors (Lipinski definition) is 8. The molecule has 7 unspecified atom stereocenters. The number of ether oxygens (including phenoxy) is 2. The summed E-state index contributed by atoms with van der Waals surface area (Å²) in [5, 5.41) is 54.0. The summed E-state index contributed by atoms with van der Waals surface area (Å²) < 4.78 is 11.2. The Balaban J connectivity index is 2.41. The molecule has 9 heteroatoms. The summed E-state index contributed by atoms with van der Waals surface area (Å²) in [4.78, 5) is 12.9. The molecule has 300 valence electrons. The molecule has 1 heterocycles. The van der Waals surface area contributed by atoms with Crippen molar-refractivity contribution >= 4 is 5.91 Å². The van der Waals surface area contributed by atoms with Crippen molar-refractivity contribution < 1.29 is 39.8 Å². The van der Waals surface area contributed by atoms with Gasteiger partial charge in [0.15, 0.2) is 6.29 Å². The molecule has 1 fully saturated rings. The van der Waals surface area contributed by atoms with Gasteiger partial charge in [-0.25, -0.2) is 0 Å². The Kier molecular flexibility index (Phi) is 31.1. The maximum Gasteiger partial charge on any atom is 0.220 e. The molecule has 0 radical (unpaired) electrons. The van der Waals surface area contributed by atoms with Crippen LogP contribution in [0.5, 0.6) is 0 Å². The molecule has 0 spiro atoms. The average Bonchev–Trinajstić information content (AvgIpc) is 3.13. The minimum Gasteiger partial charge on any atom is -0.394 e. The van der Waals surface area contributed by atoms with E-state index in [1.807, 2.05) is 6.08 Å². The third kappa shape index (κ3) is 24.6. The number of rotatable bonds is 34. The van der Waals surface area contributed by atoms with Gasteiger partial charge in [-0.05, 0) is 44.9 Å². The second kappa shape index (κ2) is 33.3. The van der Waals surface area contributed by atoms with Crippen LogP contribution in [0.4, 0.5) is 0 Å². The first-order valence-electron chi connectivity index (χ1n) is 21.1. The number of aliphatic hydroxyl groups is 5. The Labute approximate surface area is 311 Å². The molecule has 0 aromatic rings. The predicted molar refractivity (Wildman–Crippen MR) is 207 cm³/mol. The average molecular weight is 726 g/mol. The summed E-state index contributed by atoms with van der Waals surface area (Å²) in [5.74, 6) is -0.187. The predicted octanol–water partition coefficient (Wildman–Crippen LogP) is 7.94. The fourth-order valence-electron chi connectivity index (χ4n) is 6.56. The Morgan fingerprint density at radius 3 is 1.59 bits per heavy atom. The summed E-state index contributed by atoms with van der Waals surface area (Å²) in [6.07, 6.45) is 30.7. The summed E-state index contributed by atoms with van der Waals surface area (Å²) in [6, 6.07) is -0.804. The van der Waals surface area contributed by atoms with E-state index in [4.69, 9.17) is 9.47 Å².